The minimum atomic E-state index is -0.582. The Morgan fingerprint density at radius 2 is 2.21 bits per heavy atom. The molecule has 1 aromatic rings. The second-order valence-electron chi connectivity index (χ2n) is 3.73. The summed E-state index contributed by atoms with van der Waals surface area (Å²) in [7, 11) is 1.41. The number of hydrogen-bond donors (Lipinski definition) is 1. The Hall–Kier alpha value is -2.31. The van der Waals surface area contributed by atoms with E-state index in [-0.39, 0.29) is 24.0 Å². The minimum absolute atomic E-state index is 0.0393. The number of nitro groups is 1. The number of amides is 1. The highest BCUT2D eigenvalue weighted by Gasteiger charge is 2.17. The Balaban J connectivity index is 2.72. The van der Waals surface area contributed by atoms with E-state index in [0.717, 1.165) is 6.42 Å². The fourth-order valence-corrected chi connectivity index (χ4v) is 1.35. The molecule has 0 bridgehead atoms. The van der Waals surface area contributed by atoms with Gasteiger partial charge in [0, 0.05) is 6.54 Å². The van der Waals surface area contributed by atoms with Crippen LogP contribution in [0.25, 0.3) is 0 Å². The van der Waals surface area contributed by atoms with Gasteiger partial charge in [-0.05, 0) is 18.6 Å². The predicted octanol–water partition coefficient (Wildman–Crippen LogP) is 1.51. The number of carbonyl (C=O) groups is 1. The zero-order valence-corrected chi connectivity index (χ0v) is 10.8. The van der Waals surface area contributed by atoms with Crippen molar-refractivity contribution in [2.75, 3.05) is 20.3 Å². The molecule has 0 aliphatic heterocycles. The average molecular weight is 268 g/mol. The van der Waals surface area contributed by atoms with Crippen LogP contribution in [0.4, 0.5) is 5.69 Å². The largest absolute Gasteiger partial charge is 0.496 e. The Bertz CT molecular complexity index is 461. The number of rotatable bonds is 7. The Labute approximate surface area is 110 Å². The van der Waals surface area contributed by atoms with E-state index < -0.39 is 4.92 Å². The Morgan fingerprint density at radius 1 is 1.47 bits per heavy atom. The molecule has 0 saturated carbocycles. The van der Waals surface area contributed by atoms with Crippen molar-refractivity contribution in [1.82, 2.24) is 5.32 Å². The Morgan fingerprint density at radius 3 is 2.79 bits per heavy atom. The second kappa shape index (κ2) is 7.20. The Kier molecular flexibility index (Phi) is 5.59. The molecule has 1 rings (SSSR count). The SMILES string of the molecule is CCCNC(=O)COc1ccc(OC)cc1[N+](=O)[O-]. The summed E-state index contributed by atoms with van der Waals surface area (Å²) in [5.41, 5.74) is -0.234. The molecule has 104 valence electrons. The van der Waals surface area contributed by atoms with E-state index in [4.69, 9.17) is 9.47 Å². The van der Waals surface area contributed by atoms with Crippen LogP contribution in [0.1, 0.15) is 13.3 Å². The van der Waals surface area contributed by atoms with Crippen molar-refractivity contribution >= 4 is 11.6 Å². The number of nitrogens with one attached hydrogen (secondary N) is 1. The lowest BCUT2D eigenvalue weighted by molar-refractivity contribution is -0.385. The summed E-state index contributed by atoms with van der Waals surface area (Å²) in [6.45, 7) is 2.22. The van der Waals surface area contributed by atoms with E-state index in [2.05, 4.69) is 5.32 Å². The van der Waals surface area contributed by atoms with Gasteiger partial charge in [-0.15, -0.1) is 0 Å². The third-order valence-electron chi connectivity index (χ3n) is 2.29. The first-order valence-electron chi connectivity index (χ1n) is 5.80. The van der Waals surface area contributed by atoms with Crippen molar-refractivity contribution in [2.24, 2.45) is 0 Å². The number of methoxy groups -OCH3 is 1. The smallest absolute Gasteiger partial charge is 0.314 e. The van der Waals surface area contributed by atoms with Gasteiger partial charge in [0.25, 0.3) is 5.91 Å². The topological polar surface area (TPSA) is 90.7 Å². The average Bonchev–Trinajstić information content (AvgIpc) is 2.42. The van der Waals surface area contributed by atoms with Crippen molar-refractivity contribution in [3.05, 3.63) is 28.3 Å². The quantitative estimate of drug-likeness (QED) is 0.598. The molecule has 0 aromatic heterocycles. The summed E-state index contributed by atoms with van der Waals surface area (Å²) in [5.74, 6) is 0.0823. The van der Waals surface area contributed by atoms with Crippen LogP contribution in [0.2, 0.25) is 0 Å². The predicted molar refractivity (Wildman–Crippen MR) is 68.4 cm³/mol. The van der Waals surface area contributed by atoms with Crippen molar-refractivity contribution < 1.29 is 19.2 Å². The number of carbonyl (C=O) groups excluding carboxylic acids is 1. The summed E-state index contributed by atoms with van der Waals surface area (Å²) in [6.07, 6.45) is 0.814. The highest BCUT2D eigenvalue weighted by atomic mass is 16.6. The van der Waals surface area contributed by atoms with Crippen LogP contribution in [-0.4, -0.2) is 31.1 Å². The van der Waals surface area contributed by atoms with E-state index in [1.165, 1.54) is 25.3 Å². The molecule has 19 heavy (non-hydrogen) atoms. The molecule has 0 atom stereocenters. The number of ether oxygens (including phenoxy) is 2. The maximum absolute atomic E-state index is 11.3. The van der Waals surface area contributed by atoms with Gasteiger partial charge < -0.3 is 14.8 Å². The zero-order valence-electron chi connectivity index (χ0n) is 10.8. The van der Waals surface area contributed by atoms with Crippen molar-refractivity contribution in [3.8, 4) is 11.5 Å². The molecular formula is C12H16N2O5. The lowest BCUT2D eigenvalue weighted by Gasteiger charge is -2.08. The maximum Gasteiger partial charge on any atom is 0.314 e. The molecule has 7 nitrogen and oxygen atoms in total. The molecule has 0 aliphatic rings. The minimum Gasteiger partial charge on any atom is -0.496 e. The third-order valence-corrected chi connectivity index (χ3v) is 2.29. The van der Waals surface area contributed by atoms with Crippen LogP contribution in [-0.2, 0) is 4.79 Å². The van der Waals surface area contributed by atoms with Crippen LogP contribution in [0.3, 0.4) is 0 Å². The maximum atomic E-state index is 11.3. The highest BCUT2D eigenvalue weighted by Crippen LogP contribution is 2.30. The van der Waals surface area contributed by atoms with Crippen molar-refractivity contribution in [1.29, 1.82) is 0 Å². The zero-order chi connectivity index (χ0) is 14.3. The molecule has 1 N–H and O–H groups in total. The number of hydrogen-bond acceptors (Lipinski definition) is 5. The first-order valence-corrected chi connectivity index (χ1v) is 5.80. The summed E-state index contributed by atoms with van der Waals surface area (Å²) < 4.78 is 10.0. The van der Waals surface area contributed by atoms with Gasteiger partial charge in [-0.3, -0.25) is 14.9 Å². The fraction of sp³-hybridized carbons (Fsp3) is 0.417. The molecule has 0 heterocycles. The van der Waals surface area contributed by atoms with Gasteiger partial charge in [0.1, 0.15) is 5.75 Å². The summed E-state index contributed by atoms with van der Waals surface area (Å²) in [6, 6.07) is 4.19. The van der Waals surface area contributed by atoms with Crippen molar-refractivity contribution in [3.63, 3.8) is 0 Å². The molecule has 0 unspecified atom stereocenters. The van der Waals surface area contributed by atoms with Crippen LogP contribution in [0.5, 0.6) is 11.5 Å². The molecular weight excluding hydrogens is 252 g/mol. The van der Waals surface area contributed by atoms with E-state index in [0.29, 0.717) is 12.3 Å². The van der Waals surface area contributed by atoms with Crippen LogP contribution < -0.4 is 14.8 Å². The van der Waals surface area contributed by atoms with Gasteiger partial charge in [-0.25, -0.2) is 0 Å². The summed E-state index contributed by atoms with van der Waals surface area (Å²) in [4.78, 5) is 21.6. The lowest BCUT2D eigenvalue weighted by atomic mass is 10.3. The molecule has 1 aromatic carbocycles. The van der Waals surface area contributed by atoms with Gasteiger partial charge in [0.15, 0.2) is 12.4 Å². The van der Waals surface area contributed by atoms with E-state index in [1.807, 2.05) is 6.92 Å². The molecule has 0 fully saturated rings. The van der Waals surface area contributed by atoms with Gasteiger partial charge in [0.05, 0.1) is 18.1 Å². The van der Waals surface area contributed by atoms with E-state index in [9.17, 15) is 14.9 Å². The third kappa shape index (κ3) is 4.46. The van der Waals surface area contributed by atoms with Crippen LogP contribution in [0, 0.1) is 10.1 Å². The molecule has 0 saturated heterocycles. The molecule has 0 spiro atoms. The van der Waals surface area contributed by atoms with Crippen LogP contribution >= 0.6 is 0 Å². The molecule has 0 aliphatic carbocycles. The van der Waals surface area contributed by atoms with Crippen LogP contribution in [0.15, 0.2) is 18.2 Å². The van der Waals surface area contributed by atoms with Gasteiger partial charge in [-0.1, -0.05) is 6.92 Å². The molecule has 1 amide bonds. The van der Waals surface area contributed by atoms with E-state index in [1.54, 1.807) is 0 Å². The first-order chi connectivity index (χ1) is 9.08. The standard InChI is InChI=1S/C12H16N2O5/c1-3-6-13-12(15)8-19-11-5-4-9(18-2)7-10(11)14(16)17/h4-5,7H,3,6,8H2,1-2H3,(H,13,15). The summed E-state index contributed by atoms with van der Waals surface area (Å²) >= 11 is 0. The fourth-order valence-electron chi connectivity index (χ4n) is 1.35. The highest BCUT2D eigenvalue weighted by molar-refractivity contribution is 5.77. The number of benzene rings is 1. The molecule has 7 heteroatoms. The normalized spacial score (nSPS) is 9.79. The lowest BCUT2D eigenvalue weighted by Crippen LogP contribution is -2.29. The monoisotopic (exact) mass is 268 g/mol. The van der Waals surface area contributed by atoms with Gasteiger partial charge in [-0.2, -0.15) is 0 Å². The van der Waals surface area contributed by atoms with E-state index >= 15 is 0 Å². The molecule has 0 radical (unpaired) electrons. The summed E-state index contributed by atoms with van der Waals surface area (Å²) in [5, 5.41) is 13.5. The number of nitrogens with zero attached hydrogens (tertiary/aromatic N) is 1. The van der Waals surface area contributed by atoms with Gasteiger partial charge >= 0.3 is 5.69 Å². The second-order valence-corrected chi connectivity index (χ2v) is 3.73. The van der Waals surface area contributed by atoms with Gasteiger partial charge in [0.2, 0.25) is 0 Å². The first kappa shape index (κ1) is 14.7. The van der Waals surface area contributed by atoms with Crippen molar-refractivity contribution in [2.45, 2.75) is 13.3 Å². The number of nitro benzene ring substituents is 1.